The first-order valence-electron chi connectivity index (χ1n) is 8.54. The molecular weight excluding hydrogens is 360 g/mol. The lowest BCUT2D eigenvalue weighted by Crippen LogP contribution is -2.13. The smallest absolute Gasteiger partial charge is 0.276 e. The zero-order valence-corrected chi connectivity index (χ0v) is 15.7. The van der Waals surface area contributed by atoms with Crippen molar-refractivity contribution >= 4 is 22.9 Å². The summed E-state index contributed by atoms with van der Waals surface area (Å²) >= 11 is 1.59. The fraction of sp³-hybridized carbons (Fsp3) is 0.158. The van der Waals surface area contributed by atoms with E-state index in [1.165, 1.54) is 0 Å². The summed E-state index contributed by atoms with van der Waals surface area (Å²) < 4.78 is 0. The Bertz CT molecular complexity index is 1060. The van der Waals surface area contributed by atoms with Crippen LogP contribution in [0, 0.1) is 0 Å². The third kappa shape index (κ3) is 3.52. The number of para-hydroxylation sites is 1. The Balaban J connectivity index is 1.58. The van der Waals surface area contributed by atoms with Crippen LogP contribution in [0.25, 0.3) is 22.0 Å². The van der Waals surface area contributed by atoms with Crippen molar-refractivity contribution in [2.75, 3.05) is 5.32 Å². The molecule has 0 fully saturated rings. The Morgan fingerprint density at radius 3 is 2.70 bits per heavy atom. The van der Waals surface area contributed by atoms with E-state index in [-0.39, 0.29) is 11.8 Å². The van der Waals surface area contributed by atoms with Gasteiger partial charge in [-0.25, -0.2) is 4.98 Å². The highest BCUT2D eigenvalue weighted by Crippen LogP contribution is 2.27. The van der Waals surface area contributed by atoms with E-state index in [4.69, 9.17) is 0 Å². The van der Waals surface area contributed by atoms with Gasteiger partial charge in [-0.05, 0) is 29.6 Å². The molecule has 3 N–H and O–H groups in total. The van der Waals surface area contributed by atoms with Crippen molar-refractivity contribution in [3.05, 3.63) is 59.4 Å². The molecule has 4 rings (SSSR count). The number of amides is 1. The van der Waals surface area contributed by atoms with Crippen molar-refractivity contribution in [3.63, 3.8) is 0 Å². The van der Waals surface area contributed by atoms with E-state index in [9.17, 15) is 4.79 Å². The number of hydrogen-bond donors (Lipinski definition) is 3. The average Bonchev–Trinajstić information content (AvgIpc) is 3.42. The van der Waals surface area contributed by atoms with Gasteiger partial charge in [-0.2, -0.15) is 10.2 Å². The molecule has 3 aromatic heterocycles. The van der Waals surface area contributed by atoms with Crippen LogP contribution in [0.4, 0.5) is 5.69 Å². The molecule has 4 aromatic rings. The molecule has 136 valence electrons. The van der Waals surface area contributed by atoms with E-state index in [1.807, 2.05) is 55.6 Å². The SMILES string of the molecule is CC(C)c1nc(-c2ccccc2NC(=O)c2cc(-c3cccs3)[nH]n2)n[nH]1. The fourth-order valence-electron chi connectivity index (χ4n) is 2.62. The first kappa shape index (κ1) is 17.2. The molecule has 0 bridgehead atoms. The van der Waals surface area contributed by atoms with Gasteiger partial charge in [0.1, 0.15) is 5.82 Å². The summed E-state index contributed by atoms with van der Waals surface area (Å²) in [5.41, 5.74) is 2.53. The van der Waals surface area contributed by atoms with Gasteiger partial charge < -0.3 is 5.32 Å². The molecule has 0 atom stereocenters. The van der Waals surface area contributed by atoms with E-state index in [1.54, 1.807) is 17.4 Å². The highest BCUT2D eigenvalue weighted by atomic mass is 32.1. The Hall–Kier alpha value is -3.26. The second kappa shape index (κ2) is 7.16. The number of benzene rings is 1. The molecule has 0 aliphatic heterocycles. The molecule has 3 heterocycles. The Kier molecular flexibility index (Phi) is 4.55. The minimum atomic E-state index is -0.291. The number of carbonyl (C=O) groups excluding carboxylic acids is 1. The molecule has 0 radical (unpaired) electrons. The quantitative estimate of drug-likeness (QED) is 0.482. The monoisotopic (exact) mass is 378 g/mol. The minimum absolute atomic E-state index is 0.243. The maximum absolute atomic E-state index is 12.7. The summed E-state index contributed by atoms with van der Waals surface area (Å²) in [5.74, 6) is 1.31. The Morgan fingerprint density at radius 1 is 1.11 bits per heavy atom. The van der Waals surface area contributed by atoms with Gasteiger partial charge in [0.15, 0.2) is 11.5 Å². The summed E-state index contributed by atoms with van der Waals surface area (Å²) in [6.07, 6.45) is 0. The Morgan fingerprint density at radius 2 is 1.96 bits per heavy atom. The van der Waals surface area contributed by atoms with E-state index < -0.39 is 0 Å². The van der Waals surface area contributed by atoms with Gasteiger partial charge >= 0.3 is 0 Å². The number of rotatable bonds is 5. The van der Waals surface area contributed by atoms with Crippen LogP contribution >= 0.6 is 11.3 Å². The van der Waals surface area contributed by atoms with Gasteiger partial charge in [0.05, 0.1) is 16.3 Å². The predicted octanol–water partition coefficient (Wildman–Crippen LogP) is 4.30. The number of carbonyl (C=O) groups is 1. The van der Waals surface area contributed by atoms with Crippen LogP contribution in [-0.4, -0.2) is 31.3 Å². The molecular formula is C19H18N6OS. The molecule has 0 aliphatic carbocycles. The van der Waals surface area contributed by atoms with Crippen LogP contribution in [0.5, 0.6) is 0 Å². The lowest BCUT2D eigenvalue weighted by atomic mass is 10.1. The van der Waals surface area contributed by atoms with Gasteiger partial charge in [-0.1, -0.05) is 32.0 Å². The molecule has 0 unspecified atom stereocenters. The largest absolute Gasteiger partial charge is 0.320 e. The number of thiophene rings is 1. The molecule has 7 nitrogen and oxygen atoms in total. The Labute approximate surface area is 159 Å². The van der Waals surface area contributed by atoms with Gasteiger partial charge in [-0.3, -0.25) is 15.0 Å². The number of nitrogens with one attached hydrogen (secondary N) is 3. The molecule has 0 saturated carbocycles. The topological polar surface area (TPSA) is 99.3 Å². The molecule has 1 aromatic carbocycles. The molecule has 0 spiro atoms. The van der Waals surface area contributed by atoms with E-state index in [0.29, 0.717) is 17.2 Å². The van der Waals surface area contributed by atoms with Crippen LogP contribution in [0.1, 0.15) is 36.1 Å². The van der Waals surface area contributed by atoms with Crippen molar-refractivity contribution in [2.24, 2.45) is 0 Å². The summed E-state index contributed by atoms with van der Waals surface area (Å²) in [4.78, 5) is 18.2. The van der Waals surface area contributed by atoms with Crippen molar-refractivity contribution < 1.29 is 4.79 Å². The zero-order valence-electron chi connectivity index (χ0n) is 14.9. The standard InChI is InChI=1S/C19H18N6OS/c1-11(2)17-21-18(25-24-17)12-6-3-4-7-13(12)20-19(26)15-10-14(22-23-15)16-8-5-9-27-16/h3-11H,1-2H3,(H,20,26)(H,22,23)(H,21,24,25). The number of aromatic nitrogens is 5. The summed E-state index contributed by atoms with van der Waals surface area (Å²) in [6.45, 7) is 4.08. The van der Waals surface area contributed by atoms with Crippen molar-refractivity contribution in [3.8, 4) is 22.0 Å². The molecule has 1 amide bonds. The first-order chi connectivity index (χ1) is 13.1. The van der Waals surface area contributed by atoms with Gasteiger partial charge in [0.25, 0.3) is 5.91 Å². The van der Waals surface area contributed by atoms with Gasteiger partial charge in [0.2, 0.25) is 0 Å². The van der Waals surface area contributed by atoms with Gasteiger partial charge in [0, 0.05) is 11.5 Å². The van der Waals surface area contributed by atoms with Crippen LogP contribution in [0.15, 0.2) is 47.8 Å². The zero-order chi connectivity index (χ0) is 18.8. The van der Waals surface area contributed by atoms with Crippen LogP contribution in [0.3, 0.4) is 0 Å². The lowest BCUT2D eigenvalue weighted by Gasteiger charge is -2.07. The second-order valence-corrected chi connectivity index (χ2v) is 7.29. The number of H-pyrrole nitrogens is 2. The molecule has 0 saturated heterocycles. The van der Waals surface area contributed by atoms with E-state index >= 15 is 0 Å². The van der Waals surface area contributed by atoms with Crippen LogP contribution in [0.2, 0.25) is 0 Å². The number of hydrogen-bond acceptors (Lipinski definition) is 5. The lowest BCUT2D eigenvalue weighted by molar-refractivity contribution is 0.102. The molecule has 0 aliphatic rings. The maximum Gasteiger partial charge on any atom is 0.276 e. The number of anilines is 1. The average molecular weight is 378 g/mol. The molecule has 27 heavy (non-hydrogen) atoms. The number of nitrogens with zero attached hydrogens (tertiary/aromatic N) is 3. The first-order valence-corrected chi connectivity index (χ1v) is 9.42. The van der Waals surface area contributed by atoms with Crippen molar-refractivity contribution in [1.29, 1.82) is 0 Å². The summed E-state index contributed by atoms with van der Waals surface area (Å²) in [7, 11) is 0. The third-order valence-electron chi connectivity index (χ3n) is 4.06. The highest BCUT2D eigenvalue weighted by molar-refractivity contribution is 7.13. The molecule has 8 heteroatoms. The minimum Gasteiger partial charge on any atom is -0.320 e. The summed E-state index contributed by atoms with van der Waals surface area (Å²) in [6, 6.07) is 13.1. The van der Waals surface area contributed by atoms with Gasteiger partial charge in [-0.15, -0.1) is 11.3 Å². The summed E-state index contributed by atoms with van der Waals surface area (Å²) in [5, 5.41) is 19.2. The normalized spacial score (nSPS) is 11.1. The van der Waals surface area contributed by atoms with Crippen molar-refractivity contribution in [2.45, 2.75) is 19.8 Å². The second-order valence-electron chi connectivity index (χ2n) is 6.34. The predicted molar refractivity (Wildman–Crippen MR) is 106 cm³/mol. The fourth-order valence-corrected chi connectivity index (χ4v) is 3.31. The number of aromatic amines is 2. The maximum atomic E-state index is 12.7. The third-order valence-corrected chi connectivity index (χ3v) is 4.97. The van der Waals surface area contributed by atoms with Crippen LogP contribution in [-0.2, 0) is 0 Å². The highest BCUT2D eigenvalue weighted by Gasteiger charge is 2.16. The van der Waals surface area contributed by atoms with E-state index in [0.717, 1.165) is 22.0 Å². The van der Waals surface area contributed by atoms with E-state index in [2.05, 4.69) is 30.7 Å². The van der Waals surface area contributed by atoms with Crippen LogP contribution < -0.4 is 5.32 Å². The van der Waals surface area contributed by atoms with Crippen molar-refractivity contribution in [1.82, 2.24) is 25.4 Å².